The molecule has 27 heavy (non-hydrogen) atoms. The van der Waals surface area contributed by atoms with E-state index in [9.17, 15) is 14.0 Å². The molecule has 0 aliphatic heterocycles. The molecule has 6 nitrogen and oxygen atoms in total. The number of nitrogens with one attached hydrogen (secondary N) is 1. The normalized spacial score (nSPS) is 11.9. The Bertz CT molecular complexity index is 818. The van der Waals surface area contributed by atoms with Crippen LogP contribution in [0.25, 0.3) is 0 Å². The van der Waals surface area contributed by atoms with Crippen molar-refractivity contribution >= 4 is 35.2 Å². The van der Waals surface area contributed by atoms with Gasteiger partial charge in [0, 0.05) is 5.75 Å². The summed E-state index contributed by atoms with van der Waals surface area (Å²) in [5, 5.41) is 3.01. The van der Waals surface area contributed by atoms with E-state index in [1.165, 1.54) is 37.2 Å². The first-order chi connectivity index (χ1) is 12.8. The van der Waals surface area contributed by atoms with Crippen molar-refractivity contribution in [3.8, 4) is 0 Å². The monoisotopic (exact) mass is 411 g/mol. The van der Waals surface area contributed by atoms with Gasteiger partial charge in [-0.25, -0.2) is 19.2 Å². The lowest BCUT2D eigenvalue weighted by molar-refractivity contribution is -0.144. The lowest BCUT2D eigenvalue weighted by atomic mass is 10.0. The molecule has 0 fully saturated rings. The second-order valence-corrected chi connectivity index (χ2v) is 7.33. The molecule has 1 heterocycles. The van der Waals surface area contributed by atoms with Crippen LogP contribution in [0.1, 0.15) is 29.9 Å². The molecule has 0 radical (unpaired) electrons. The SMILES string of the molecule is COC(=O)C(NC(=O)c1nc(SCc2ccc(F)cc2)ncc1Cl)C(C)C. The zero-order valence-electron chi connectivity index (χ0n) is 15.0. The summed E-state index contributed by atoms with van der Waals surface area (Å²) in [5.74, 6) is -1.12. The minimum Gasteiger partial charge on any atom is -0.467 e. The summed E-state index contributed by atoms with van der Waals surface area (Å²) in [5.41, 5.74) is 0.861. The molecule has 1 amide bonds. The van der Waals surface area contributed by atoms with Gasteiger partial charge in [0.15, 0.2) is 10.9 Å². The van der Waals surface area contributed by atoms with Gasteiger partial charge in [-0.05, 0) is 23.6 Å². The standard InChI is InChI=1S/C18H19ClFN3O3S/c1-10(2)14(17(25)26-3)22-16(24)15-13(19)8-21-18(23-15)27-9-11-4-6-12(20)7-5-11/h4-8,10,14H,9H2,1-3H3,(H,22,24). The number of nitrogens with zero attached hydrogens (tertiary/aromatic N) is 2. The molecule has 1 unspecified atom stereocenters. The maximum absolute atomic E-state index is 13.0. The summed E-state index contributed by atoms with van der Waals surface area (Å²) in [6.07, 6.45) is 1.33. The fourth-order valence-electron chi connectivity index (χ4n) is 2.14. The number of rotatable bonds is 7. The number of methoxy groups -OCH3 is 1. The second kappa shape index (κ2) is 9.66. The van der Waals surface area contributed by atoms with Crippen LogP contribution in [-0.4, -0.2) is 35.0 Å². The Hall–Kier alpha value is -2.19. The number of hydrogen-bond donors (Lipinski definition) is 1. The van der Waals surface area contributed by atoms with Crippen molar-refractivity contribution in [1.29, 1.82) is 0 Å². The van der Waals surface area contributed by atoms with Gasteiger partial charge in [-0.15, -0.1) is 0 Å². The smallest absolute Gasteiger partial charge is 0.328 e. The number of benzene rings is 1. The Morgan fingerprint density at radius 3 is 2.56 bits per heavy atom. The van der Waals surface area contributed by atoms with Crippen molar-refractivity contribution in [2.24, 2.45) is 5.92 Å². The van der Waals surface area contributed by atoms with Gasteiger partial charge < -0.3 is 10.1 Å². The van der Waals surface area contributed by atoms with E-state index in [0.29, 0.717) is 10.9 Å². The van der Waals surface area contributed by atoms with Crippen LogP contribution in [0.3, 0.4) is 0 Å². The van der Waals surface area contributed by atoms with Crippen LogP contribution in [0.2, 0.25) is 5.02 Å². The number of amides is 1. The van der Waals surface area contributed by atoms with Gasteiger partial charge in [-0.2, -0.15) is 0 Å². The van der Waals surface area contributed by atoms with Crippen molar-refractivity contribution in [3.63, 3.8) is 0 Å². The van der Waals surface area contributed by atoms with E-state index in [2.05, 4.69) is 15.3 Å². The number of hydrogen-bond acceptors (Lipinski definition) is 6. The Morgan fingerprint density at radius 1 is 1.30 bits per heavy atom. The lowest BCUT2D eigenvalue weighted by Gasteiger charge is -2.19. The molecular weight excluding hydrogens is 393 g/mol. The van der Waals surface area contributed by atoms with E-state index in [1.54, 1.807) is 26.0 Å². The maximum atomic E-state index is 13.0. The van der Waals surface area contributed by atoms with E-state index in [-0.39, 0.29) is 22.5 Å². The molecular formula is C18H19ClFN3O3S. The summed E-state index contributed by atoms with van der Waals surface area (Å²) in [6, 6.07) is 5.25. The highest BCUT2D eigenvalue weighted by Crippen LogP contribution is 2.22. The third-order valence-corrected chi connectivity index (χ3v) is 4.84. The van der Waals surface area contributed by atoms with E-state index in [1.807, 2.05) is 0 Å². The van der Waals surface area contributed by atoms with Gasteiger partial charge in [0.1, 0.15) is 11.9 Å². The predicted molar refractivity (Wildman–Crippen MR) is 101 cm³/mol. The largest absolute Gasteiger partial charge is 0.467 e. The van der Waals surface area contributed by atoms with Crippen molar-refractivity contribution in [2.45, 2.75) is 30.8 Å². The third kappa shape index (κ3) is 5.90. The van der Waals surface area contributed by atoms with Crippen LogP contribution >= 0.6 is 23.4 Å². The van der Waals surface area contributed by atoms with Crippen LogP contribution in [0.5, 0.6) is 0 Å². The predicted octanol–water partition coefficient (Wildman–Crippen LogP) is 3.49. The number of carbonyl (C=O) groups is 2. The van der Waals surface area contributed by atoms with Crippen molar-refractivity contribution in [3.05, 3.63) is 52.6 Å². The molecule has 2 rings (SSSR count). The number of carbonyl (C=O) groups excluding carboxylic acids is 2. The first-order valence-corrected chi connectivity index (χ1v) is 9.46. The van der Waals surface area contributed by atoms with E-state index < -0.39 is 17.9 Å². The molecule has 1 aromatic carbocycles. The molecule has 0 aliphatic carbocycles. The average molecular weight is 412 g/mol. The molecule has 0 aliphatic rings. The van der Waals surface area contributed by atoms with Crippen molar-refractivity contribution in [1.82, 2.24) is 15.3 Å². The fraction of sp³-hybridized carbons (Fsp3) is 0.333. The molecule has 0 bridgehead atoms. The number of ether oxygens (including phenoxy) is 1. The second-order valence-electron chi connectivity index (χ2n) is 5.98. The van der Waals surface area contributed by atoms with Gasteiger partial charge in [0.2, 0.25) is 0 Å². The molecule has 9 heteroatoms. The summed E-state index contributed by atoms with van der Waals surface area (Å²) in [4.78, 5) is 32.6. The van der Waals surface area contributed by atoms with Crippen molar-refractivity contribution < 1.29 is 18.7 Å². The molecule has 1 atom stereocenters. The summed E-state index contributed by atoms with van der Waals surface area (Å²) >= 11 is 7.33. The zero-order chi connectivity index (χ0) is 20.0. The summed E-state index contributed by atoms with van der Waals surface area (Å²) < 4.78 is 17.7. The number of esters is 1. The van der Waals surface area contributed by atoms with Crippen LogP contribution in [0.15, 0.2) is 35.6 Å². The molecule has 0 spiro atoms. The first-order valence-electron chi connectivity index (χ1n) is 8.10. The van der Waals surface area contributed by atoms with Crippen LogP contribution in [0, 0.1) is 11.7 Å². The van der Waals surface area contributed by atoms with E-state index >= 15 is 0 Å². The molecule has 0 saturated carbocycles. The highest BCUT2D eigenvalue weighted by atomic mass is 35.5. The van der Waals surface area contributed by atoms with Crippen LogP contribution in [0.4, 0.5) is 4.39 Å². The van der Waals surface area contributed by atoms with Gasteiger partial charge in [-0.3, -0.25) is 4.79 Å². The van der Waals surface area contributed by atoms with Gasteiger partial charge >= 0.3 is 5.97 Å². The number of aromatic nitrogens is 2. The zero-order valence-corrected chi connectivity index (χ0v) is 16.6. The molecule has 2 aromatic rings. The Labute approximate surface area is 165 Å². The van der Waals surface area contributed by atoms with Gasteiger partial charge in [0.25, 0.3) is 5.91 Å². The van der Waals surface area contributed by atoms with E-state index in [4.69, 9.17) is 16.3 Å². The number of halogens is 2. The molecule has 1 N–H and O–H groups in total. The Balaban J connectivity index is 2.12. The molecule has 0 saturated heterocycles. The first kappa shape index (κ1) is 21.1. The lowest BCUT2D eigenvalue weighted by Crippen LogP contribution is -2.45. The molecule has 1 aromatic heterocycles. The minimum absolute atomic E-state index is 0.0252. The highest BCUT2D eigenvalue weighted by molar-refractivity contribution is 7.98. The minimum atomic E-state index is -0.816. The topological polar surface area (TPSA) is 81.2 Å². The average Bonchev–Trinajstić information content (AvgIpc) is 2.65. The van der Waals surface area contributed by atoms with Crippen LogP contribution in [-0.2, 0) is 15.3 Å². The fourth-order valence-corrected chi connectivity index (χ4v) is 3.09. The summed E-state index contributed by atoms with van der Waals surface area (Å²) in [6.45, 7) is 3.57. The third-order valence-electron chi connectivity index (χ3n) is 3.63. The Kier molecular flexibility index (Phi) is 7.55. The van der Waals surface area contributed by atoms with Crippen LogP contribution < -0.4 is 5.32 Å². The van der Waals surface area contributed by atoms with Crippen molar-refractivity contribution in [2.75, 3.05) is 7.11 Å². The number of thioether (sulfide) groups is 1. The maximum Gasteiger partial charge on any atom is 0.328 e. The van der Waals surface area contributed by atoms with Gasteiger partial charge in [0.05, 0.1) is 18.3 Å². The van der Waals surface area contributed by atoms with E-state index in [0.717, 1.165) is 5.56 Å². The van der Waals surface area contributed by atoms with Gasteiger partial charge in [-0.1, -0.05) is 49.3 Å². The highest BCUT2D eigenvalue weighted by Gasteiger charge is 2.27. The Morgan fingerprint density at radius 2 is 1.96 bits per heavy atom. The quantitative estimate of drug-likeness (QED) is 0.426. The summed E-state index contributed by atoms with van der Waals surface area (Å²) in [7, 11) is 1.26. The molecule has 144 valence electrons.